The summed E-state index contributed by atoms with van der Waals surface area (Å²) in [4.78, 5) is 29.9. The minimum absolute atomic E-state index is 0.0711. The van der Waals surface area contributed by atoms with E-state index in [9.17, 15) is 14.7 Å². The number of amides is 1. The first-order valence-electron chi connectivity index (χ1n) is 7.33. The van der Waals surface area contributed by atoms with E-state index in [0.717, 1.165) is 5.56 Å². The molecule has 5 N–H and O–H groups in total. The Labute approximate surface area is 133 Å². The van der Waals surface area contributed by atoms with E-state index in [0.29, 0.717) is 12.1 Å². The Balaban J connectivity index is 1.85. The van der Waals surface area contributed by atoms with Crippen LogP contribution in [0.5, 0.6) is 0 Å². The molecule has 7 heteroatoms. The highest BCUT2D eigenvalue weighted by atomic mass is 16.4. The summed E-state index contributed by atoms with van der Waals surface area (Å²) in [5, 5.41) is 11.7. The van der Waals surface area contributed by atoms with Gasteiger partial charge in [0.25, 0.3) is 0 Å². The van der Waals surface area contributed by atoms with Gasteiger partial charge in [0.05, 0.1) is 6.33 Å². The van der Waals surface area contributed by atoms with Gasteiger partial charge in [0.15, 0.2) is 0 Å². The molecule has 0 saturated carbocycles. The van der Waals surface area contributed by atoms with Gasteiger partial charge in [-0.1, -0.05) is 30.3 Å². The van der Waals surface area contributed by atoms with Crippen LogP contribution >= 0.6 is 0 Å². The zero-order valence-electron chi connectivity index (χ0n) is 12.6. The van der Waals surface area contributed by atoms with E-state index < -0.39 is 12.0 Å². The van der Waals surface area contributed by atoms with Crippen LogP contribution in [0.4, 0.5) is 0 Å². The van der Waals surface area contributed by atoms with E-state index in [1.807, 2.05) is 30.3 Å². The lowest BCUT2D eigenvalue weighted by molar-refractivity contribution is -0.141. The Hall–Kier alpha value is -2.67. The van der Waals surface area contributed by atoms with Crippen molar-refractivity contribution in [1.29, 1.82) is 0 Å². The minimum Gasteiger partial charge on any atom is -0.480 e. The Kier molecular flexibility index (Phi) is 5.87. The van der Waals surface area contributed by atoms with Crippen molar-refractivity contribution in [2.45, 2.75) is 31.3 Å². The predicted molar refractivity (Wildman–Crippen MR) is 84.6 cm³/mol. The van der Waals surface area contributed by atoms with Gasteiger partial charge in [-0.3, -0.25) is 4.79 Å². The largest absolute Gasteiger partial charge is 0.480 e. The van der Waals surface area contributed by atoms with E-state index in [1.165, 1.54) is 12.5 Å². The molecule has 122 valence electrons. The van der Waals surface area contributed by atoms with Crippen LogP contribution in [0.15, 0.2) is 42.9 Å². The van der Waals surface area contributed by atoms with E-state index in [4.69, 9.17) is 5.73 Å². The number of aliphatic carboxylic acids is 1. The highest BCUT2D eigenvalue weighted by Crippen LogP contribution is 2.05. The summed E-state index contributed by atoms with van der Waals surface area (Å²) in [6, 6.07) is 8.24. The smallest absolute Gasteiger partial charge is 0.326 e. The molecule has 2 atom stereocenters. The van der Waals surface area contributed by atoms with Crippen molar-refractivity contribution in [3.63, 3.8) is 0 Å². The van der Waals surface area contributed by atoms with Crippen molar-refractivity contribution >= 4 is 11.9 Å². The number of carbonyl (C=O) groups excluding carboxylic acids is 1. The van der Waals surface area contributed by atoms with Crippen molar-refractivity contribution in [2.75, 3.05) is 0 Å². The standard InChI is InChI=1S/C16H20N4O3/c17-12(6-11-4-2-1-3-5-11)7-15(21)20-14(16(22)23)8-13-9-18-10-19-13/h1-5,9-10,12,14H,6-8,17H2,(H,18,19)(H,20,21)(H,22,23)/t12-,14+/m0/s1. The lowest BCUT2D eigenvalue weighted by Gasteiger charge is -2.16. The molecule has 0 radical (unpaired) electrons. The average molecular weight is 316 g/mol. The third kappa shape index (κ3) is 5.55. The van der Waals surface area contributed by atoms with E-state index >= 15 is 0 Å². The molecule has 2 aromatic rings. The zero-order valence-corrected chi connectivity index (χ0v) is 12.6. The number of nitrogens with one attached hydrogen (secondary N) is 2. The maximum Gasteiger partial charge on any atom is 0.326 e. The van der Waals surface area contributed by atoms with Gasteiger partial charge in [-0.15, -0.1) is 0 Å². The molecule has 23 heavy (non-hydrogen) atoms. The van der Waals surface area contributed by atoms with Crippen molar-refractivity contribution in [2.24, 2.45) is 5.73 Å². The second-order valence-electron chi connectivity index (χ2n) is 5.39. The summed E-state index contributed by atoms with van der Waals surface area (Å²) in [6.07, 6.45) is 3.78. The summed E-state index contributed by atoms with van der Waals surface area (Å²) in [5.41, 5.74) is 7.66. The second kappa shape index (κ2) is 8.09. The first kappa shape index (κ1) is 16.7. The van der Waals surface area contributed by atoms with Gasteiger partial charge in [0.1, 0.15) is 6.04 Å². The van der Waals surface area contributed by atoms with Crippen LogP contribution in [0, 0.1) is 0 Å². The van der Waals surface area contributed by atoms with Crippen LogP contribution in [-0.2, 0) is 22.4 Å². The fourth-order valence-electron chi connectivity index (χ4n) is 2.30. The fraction of sp³-hybridized carbons (Fsp3) is 0.312. The fourth-order valence-corrected chi connectivity index (χ4v) is 2.30. The lowest BCUT2D eigenvalue weighted by atomic mass is 10.0. The summed E-state index contributed by atoms with van der Waals surface area (Å²) >= 11 is 0. The number of H-pyrrole nitrogens is 1. The molecular weight excluding hydrogens is 296 g/mol. The molecule has 0 aliphatic carbocycles. The molecule has 0 spiro atoms. The highest BCUT2D eigenvalue weighted by Gasteiger charge is 2.22. The zero-order chi connectivity index (χ0) is 16.7. The second-order valence-corrected chi connectivity index (χ2v) is 5.39. The molecule has 1 amide bonds. The number of carboxylic acid groups (broad SMARTS) is 1. The van der Waals surface area contributed by atoms with Crippen molar-refractivity contribution in [1.82, 2.24) is 15.3 Å². The first-order chi connectivity index (χ1) is 11.0. The number of aromatic nitrogens is 2. The third-order valence-corrected chi connectivity index (χ3v) is 3.40. The Morgan fingerprint density at radius 3 is 2.61 bits per heavy atom. The molecule has 1 heterocycles. The number of imidazole rings is 1. The topological polar surface area (TPSA) is 121 Å². The number of nitrogens with zero attached hydrogens (tertiary/aromatic N) is 1. The SMILES string of the molecule is N[C@H](CC(=O)N[C@H](Cc1cnc[nH]1)C(=O)O)Cc1ccccc1. The van der Waals surface area contributed by atoms with Crippen molar-refractivity contribution in [3.05, 3.63) is 54.1 Å². The molecule has 1 aromatic carbocycles. The van der Waals surface area contributed by atoms with Gasteiger partial charge in [0.2, 0.25) is 5.91 Å². The van der Waals surface area contributed by atoms with Gasteiger partial charge in [-0.2, -0.15) is 0 Å². The number of rotatable bonds is 8. The van der Waals surface area contributed by atoms with Gasteiger partial charge in [-0.25, -0.2) is 9.78 Å². The van der Waals surface area contributed by atoms with Crippen molar-refractivity contribution < 1.29 is 14.7 Å². The Morgan fingerprint density at radius 1 is 1.26 bits per heavy atom. The van der Waals surface area contributed by atoms with Gasteiger partial charge >= 0.3 is 5.97 Å². The minimum atomic E-state index is -1.09. The Bertz CT molecular complexity index is 628. The van der Waals surface area contributed by atoms with Gasteiger partial charge in [0, 0.05) is 30.8 Å². The summed E-state index contributed by atoms with van der Waals surface area (Å²) in [5.74, 6) is -1.47. The molecule has 2 rings (SSSR count). The number of aromatic amines is 1. The monoisotopic (exact) mass is 316 g/mol. The lowest BCUT2D eigenvalue weighted by Crippen LogP contribution is -2.44. The maximum absolute atomic E-state index is 12.0. The highest BCUT2D eigenvalue weighted by molar-refractivity contribution is 5.84. The molecule has 0 aliphatic rings. The van der Waals surface area contributed by atoms with Crippen LogP contribution in [0.2, 0.25) is 0 Å². The van der Waals surface area contributed by atoms with Crippen LogP contribution < -0.4 is 11.1 Å². The van der Waals surface area contributed by atoms with Crippen LogP contribution in [0.25, 0.3) is 0 Å². The summed E-state index contributed by atoms with van der Waals surface area (Å²) in [6.45, 7) is 0. The van der Waals surface area contributed by atoms with Crippen LogP contribution in [0.1, 0.15) is 17.7 Å². The van der Waals surface area contributed by atoms with E-state index in [2.05, 4.69) is 15.3 Å². The predicted octanol–water partition coefficient (Wildman–Crippen LogP) is 0.482. The third-order valence-electron chi connectivity index (χ3n) is 3.40. The quantitative estimate of drug-likeness (QED) is 0.564. The molecule has 0 unspecified atom stereocenters. The molecule has 0 aliphatic heterocycles. The van der Waals surface area contributed by atoms with Gasteiger partial charge in [-0.05, 0) is 12.0 Å². The van der Waals surface area contributed by atoms with Crippen molar-refractivity contribution in [3.8, 4) is 0 Å². The number of hydrogen-bond acceptors (Lipinski definition) is 4. The normalized spacial score (nSPS) is 13.3. The molecule has 0 saturated heterocycles. The number of carbonyl (C=O) groups is 2. The van der Waals surface area contributed by atoms with Gasteiger partial charge < -0.3 is 21.1 Å². The molecule has 7 nitrogen and oxygen atoms in total. The molecular formula is C16H20N4O3. The summed E-state index contributed by atoms with van der Waals surface area (Å²) in [7, 11) is 0. The maximum atomic E-state index is 12.0. The Morgan fingerprint density at radius 2 is 2.00 bits per heavy atom. The molecule has 0 bridgehead atoms. The first-order valence-corrected chi connectivity index (χ1v) is 7.33. The number of nitrogens with two attached hydrogens (primary N) is 1. The van der Waals surface area contributed by atoms with Crippen LogP contribution in [-0.4, -0.2) is 39.0 Å². The number of carboxylic acids is 1. The molecule has 0 fully saturated rings. The number of benzene rings is 1. The molecule has 1 aromatic heterocycles. The van der Waals surface area contributed by atoms with E-state index in [1.54, 1.807) is 0 Å². The number of hydrogen-bond donors (Lipinski definition) is 4. The van der Waals surface area contributed by atoms with E-state index in [-0.39, 0.29) is 24.8 Å². The average Bonchev–Trinajstić information content (AvgIpc) is 3.00. The van der Waals surface area contributed by atoms with Crippen LogP contribution in [0.3, 0.4) is 0 Å². The summed E-state index contributed by atoms with van der Waals surface area (Å²) < 4.78 is 0.